The molecule has 1 saturated heterocycles. The number of halogens is 2. The molecule has 3 heterocycles. The Bertz CT molecular complexity index is 1620. The lowest BCUT2D eigenvalue weighted by Crippen LogP contribution is -2.50. The van der Waals surface area contributed by atoms with Gasteiger partial charge in [0.25, 0.3) is 0 Å². The fourth-order valence-electron chi connectivity index (χ4n) is 5.43. The van der Waals surface area contributed by atoms with Crippen LogP contribution in [0.3, 0.4) is 0 Å². The van der Waals surface area contributed by atoms with Crippen LogP contribution in [-0.4, -0.2) is 81.9 Å². The average Bonchev–Trinajstić information content (AvgIpc) is 3.40. The van der Waals surface area contributed by atoms with Gasteiger partial charge < -0.3 is 14.9 Å². The minimum atomic E-state index is -0.573. The molecule has 0 bridgehead atoms. The summed E-state index contributed by atoms with van der Waals surface area (Å²) in [6.07, 6.45) is 0.993. The van der Waals surface area contributed by atoms with Crippen molar-refractivity contribution >= 4 is 45.9 Å². The minimum Gasteiger partial charge on any atom is -0.390 e. The number of fused-ring (bicyclic) bond motifs is 1. The minimum absolute atomic E-state index is 0.408. The second-order valence-electron chi connectivity index (χ2n) is 10.2. The van der Waals surface area contributed by atoms with Crippen molar-refractivity contribution in [1.29, 1.82) is 0 Å². The van der Waals surface area contributed by atoms with Crippen molar-refractivity contribution in [3.8, 4) is 17.1 Å². The Morgan fingerprint density at radius 1 is 0.878 bits per heavy atom. The summed E-state index contributed by atoms with van der Waals surface area (Å²) in [5.74, 6) is 1.47. The predicted octanol–water partition coefficient (Wildman–Crippen LogP) is 5.41. The molecule has 210 valence electrons. The van der Waals surface area contributed by atoms with Crippen molar-refractivity contribution in [2.24, 2.45) is 0 Å². The van der Waals surface area contributed by atoms with Crippen molar-refractivity contribution in [3.63, 3.8) is 0 Å². The number of likely N-dealkylation sites (N-methyl/N-ethyl adjacent to an activating group) is 1. The molecule has 0 amide bonds. The number of benzene rings is 3. The highest BCUT2D eigenvalue weighted by molar-refractivity contribution is 6.43. The van der Waals surface area contributed by atoms with Crippen LogP contribution in [0, 0.1) is 0 Å². The monoisotopic (exact) mass is 587 g/mol. The first kappa shape index (κ1) is 27.5. The van der Waals surface area contributed by atoms with E-state index in [0.717, 1.165) is 54.6 Å². The highest BCUT2D eigenvalue weighted by Gasteiger charge is 2.24. The molecule has 5 aromatic rings. The Kier molecular flexibility index (Phi) is 8.07. The van der Waals surface area contributed by atoms with Crippen LogP contribution in [0.1, 0.15) is 0 Å². The number of para-hydroxylation sites is 1. The third-order valence-corrected chi connectivity index (χ3v) is 8.24. The largest absolute Gasteiger partial charge is 0.390 e. The molecule has 6 rings (SSSR count). The Morgan fingerprint density at radius 2 is 1.59 bits per heavy atom. The molecule has 8 nitrogen and oxygen atoms in total. The van der Waals surface area contributed by atoms with Crippen molar-refractivity contribution in [1.82, 2.24) is 24.4 Å². The number of imidazole rings is 1. The third-order valence-electron chi connectivity index (χ3n) is 7.43. The summed E-state index contributed by atoms with van der Waals surface area (Å²) >= 11 is 12.7. The van der Waals surface area contributed by atoms with E-state index in [0.29, 0.717) is 34.5 Å². The molecule has 0 aliphatic carbocycles. The lowest BCUT2D eigenvalue weighted by atomic mass is 10.2. The number of aliphatic hydroxyl groups is 1. The van der Waals surface area contributed by atoms with Crippen molar-refractivity contribution in [2.45, 2.75) is 6.10 Å². The maximum atomic E-state index is 11.1. The molecule has 0 saturated carbocycles. The van der Waals surface area contributed by atoms with Crippen LogP contribution in [0.2, 0.25) is 10.0 Å². The molecule has 1 N–H and O–H groups in total. The second-order valence-corrected chi connectivity index (χ2v) is 11.0. The van der Waals surface area contributed by atoms with E-state index in [1.165, 1.54) is 0 Å². The third kappa shape index (κ3) is 5.74. The normalized spacial score (nSPS) is 14.9. The molecule has 1 aliphatic heterocycles. The Balaban J connectivity index is 1.19. The van der Waals surface area contributed by atoms with Gasteiger partial charge in [0.2, 0.25) is 0 Å². The molecular formula is C31H31Cl2N7O. The number of piperazine rings is 1. The highest BCUT2D eigenvalue weighted by atomic mass is 35.5. The zero-order chi connectivity index (χ0) is 28.3. The van der Waals surface area contributed by atoms with Crippen LogP contribution < -0.4 is 9.80 Å². The van der Waals surface area contributed by atoms with Crippen LogP contribution in [-0.2, 0) is 0 Å². The molecule has 3 aromatic carbocycles. The molecule has 0 spiro atoms. The van der Waals surface area contributed by atoms with Gasteiger partial charge in [-0.25, -0.2) is 15.0 Å². The van der Waals surface area contributed by atoms with Crippen molar-refractivity contribution in [3.05, 3.63) is 95.2 Å². The number of hydrogen-bond donors (Lipinski definition) is 1. The van der Waals surface area contributed by atoms with E-state index in [1.54, 1.807) is 12.4 Å². The van der Waals surface area contributed by atoms with Gasteiger partial charge in [-0.2, -0.15) is 0 Å². The molecule has 1 aliphatic rings. The first-order chi connectivity index (χ1) is 20.0. The van der Waals surface area contributed by atoms with E-state index < -0.39 is 6.10 Å². The van der Waals surface area contributed by atoms with Gasteiger partial charge in [0.05, 0.1) is 21.8 Å². The number of aromatic nitrogens is 4. The highest BCUT2D eigenvalue weighted by Crippen LogP contribution is 2.33. The van der Waals surface area contributed by atoms with Crippen molar-refractivity contribution in [2.75, 3.05) is 56.1 Å². The summed E-state index contributed by atoms with van der Waals surface area (Å²) in [7, 11) is 1.94. The lowest BCUT2D eigenvalue weighted by molar-refractivity contribution is 0.114. The fraction of sp³-hybridized carbons (Fsp3) is 0.258. The van der Waals surface area contributed by atoms with Gasteiger partial charge in [-0.15, -0.1) is 0 Å². The first-order valence-corrected chi connectivity index (χ1v) is 14.4. The number of hydrogen-bond acceptors (Lipinski definition) is 7. The molecule has 41 heavy (non-hydrogen) atoms. The number of aliphatic hydroxyl groups excluding tert-OH is 1. The Morgan fingerprint density at radius 3 is 2.32 bits per heavy atom. The van der Waals surface area contributed by atoms with Gasteiger partial charge in [-0.05, 0) is 24.3 Å². The average molecular weight is 589 g/mol. The van der Waals surface area contributed by atoms with Gasteiger partial charge in [-0.1, -0.05) is 77.8 Å². The zero-order valence-corrected chi connectivity index (χ0v) is 24.2. The van der Waals surface area contributed by atoms with E-state index in [2.05, 4.69) is 24.3 Å². The fourth-order valence-corrected chi connectivity index (χ4v) is 5.84. The number of nitrogens with zero attached hydrogens (tertiary/aromatic N) is 7. The van der Waals surface area contributed by atoms with Gasteiger partial charge in [0.15, 0.2) is 17.0 Å². The van der Waals surface area contributed by atoms with Gasteiger partial charge in [0.1, 0.15) is 12.2 Å². The van der Waals surface area contributed by atoms with E-state index in [1.807, 2.05) is 84.7 Å². The first-order valence-electron chi connectivity index (χ1n) is 13.6. The summed E-state index contributed by atoms with van der Waals surface area (Å²) in [6, 6.07) is 25.9. The summed E-state index contributed by atoms with van der Waals surface area (Å²) < 4.78 is 2.06. The zero-order valence-electron chi connectivity index (χ0n) is 22.7. The summed E-state index contributed by atoms with van der Waals surface area (Å²) in [4.78, 5) is 20.7. The summed E-state index contributed by atoms with van der Waals surface area (Å²) in [5, 5.41) is 12.2. The van der Waals surface area contributed by atoms with Crippen LogP contribution in [0.5, 0.6) is 0 Å². The second kappa shape index (κ2) is 12.0. The molecule has 10 heteroatoms. The summed E-state index contributed by atoms with van der Waals surface area (Å²) in [6.45, 7) is 4.24. The van der Waals surface area contributed by atoms with Crippen molar-refractivity contribution < 1.29 is 5.11 Å². The van der Waals surface area contributed by atoms with Crippen LogP contribution in [0.4, 0.5) is 11.5 Å². The lowest BCUT2D eigenvalue weighted by Gasteiger charge is -2.37. The van der Waals surface area contributed by atoms with Gasteiger partial charge in [0, 0.05) is 57.6 Å². The maximum Gasteiger partial charge on any atom is 0.170 e. The van der Waals surface area contributed by atoms with Gasteiger partial charge in [-0.3, -0.25) is 9.47 Å². The predicted molar refractivity (Wildman–Crippen MR) is 166 cm³/mol. The standard InChI is InChI=1S/C31H31Cl2N7O/c1-37(19-24(41)20-38-15-17-39(18-16-38)26-14-8-13-25(32)27(26)33)30-28-31(35-21-34-30)40(23-11-6-3-7-12-23)29(36-28)22-9-4-2-5-10-22/h2-14,21,24,41H,15-20H2,1H3. The van der Waals surface area contributed by atoms with E-state index in [9.17, 15) is 5.11 Å². The molecule has 2 aromatic heterocycles. The van der Waals surface area contributed by atoms with E-state index in [4.69, 9.17) is 28.2 Å². The maximum absolute atomic E-state index is 11.1. The van der Waals surface area contributed by atoms with E-state index in [-0.39, 0.29) is 0 Å². The Hall–Kier alpha value is -3.69. The van der Waals surface area contributed by atoms with E-state index >= 15 is 0 Å². The molecule has 1 atom stereocenters. The quantitative estimate of drug-likeness (QED) is 0.260. The Labute approximate surface area is 249 Å². The molecular weight excluding hydrogens is 557 g/mol. The number of β-amino-alcohol motifs (C(OH)–C–C–N with tert-alkyl or cyclic N) is 1. The van der Waals surface area contributed by atoms with Crippen LogP contribution in [0.25, 0.3) is 28.2 Å². The number of rotatable bonds is 8. The molecule has 1 fully saturated rings. The molecule has 1 unspecified atom stereocenters. The molecule has 0 radical (unpaired) electrons. The summed E-state index contributed by atoms with van der Waals surface area (Å²) in [5.41, 5.74) is 4.33. The van der Waals surface area contributed by atoms with Crippen LogP contribution >= 0.6 is 23.2 Å². The SMILES string of the molecule is CN(CC(O)CN1CCN(c2cccc(Cl)c2Cl)CC1)c1ncnc2c1nc(-c1ccccc1)n2-c1ccccc1. The number of anilines is 2. The van der Waals surface area contributed by atoms with Gasteiger partial charge >= 0.3 is 0 Å². The topological polar surface area (TPSA) is 73.6 Å². The smallest absolute Gasteiger partial charge is 0.170 e. The van der Waals surface area contributed by atoms with Crippen LogP contribution in [0.15, 0.2) is 85.2 Å².